The number of carbonyl (C=O) groups excluding carboxylic acids is 1. The smallest absolute Gasteiger partial charge is 0.162 e. The third-order valence-corrected chi connectivity index (χ3v) is 4.71. The topological polar surface area (TPSA) is 46.3 Å². The number of benzene rings is 1. The molecule has 1 aromatic rings. The van der Waals surface area contributed by atoms with Crippen molar-refractivity contribution < 1.29 is 4.79 Å². The van der Waals surface area contributed by atoms with Crippen molar-refractivity contribution in [3.8, 4) is 11.8 Å². The van der Waals surface area contributed by atoms with Crippen LogP contribution in [0.4, 0.5) is 5.69 Å². The number of rotatable bonds is 2. The van der Waals surface area contributed by atoms with E-state index in [1.807, 2.05) is 31.2 Å². The van der Waals surface area contributed by atoms with Crippen LogP contribution in [-0.4, -0.2) is 23.8 Å². The van der Waals surface area contributed by atoms with Crippen LogP contribution >= 0.6 is 0 Å². The van der Waals surface area contributed by atoms with Gasteiger partial charge in [-0.3, -0.25) is 9.69 Å². The zero-order valence-corrected chi connectivity index (χ0v) is 14.2. The molecule has 1 heterocycles. The van der Waals surface area contributed by atoms with Gasteiger partial charge in [0, 0.05) is 30.1 Å². The van der Waals surface area contributed by atoms with E-state index in [1.165, 1.54) is 5.56 Å². The lowest BCUT2D eigenvalue weighted by atomic mass is 9.95. The number of Topliss-reactive ketones (excluding diaryl/α,β-unsaturated/α-hetero) is 1. The second-order valence-electron chi connectivity index (χ2n) is 6.68. The maximum absolute atomic E-state index is 11.5. The first-order chi connectivity index (χ1) is 11.6. The second kappa shape index (κ2) is 7.51. The molecule has 2 aliphatic rings. The number of nitrogen functional groups attached to an aromatic ring is 1. The first-order valence-corrected chi connectivity index (χ1v) is 8.60. The summed E-state index contributed by atoms with van der Waals surface area (Å²) in [7, 11) is 0. The van der Waals surface area contributed by atoms with E-state index in [4.69, 9.17) is 5.73 Å². The van der Waals surface area contributed by atoms with E-state index in [-0.39, 0.29) is 5.78 Å². The lowest BCUT2D eigenvalue weighted by molar-refractivity contribution is -0.114. The molecule has 24 heavy (non-hydrogen) atoms. The van der Waals surface area contributed by atoms with Crippen LogP contribution in [-0.2, 0) is 11.3 Å². The Labute approximate surface area is 144 Å². The van der Waals surface area contributed by atoms with E-state index in [0.717, 1.165) is 49.3 Å². The van der Waals surface area contributed by atoms with Gasteiger partial charge in [0.05, 0.1) is 0 Å². The van der Waals surface area contributed by atoms with Crippen LogP contribution in [0.5, 0.6) is 0 Å². The summed E-state index contributed by atoms with van der Waals surface area (Å²) in [6.45, 7) is 5.01. The van der Waals surface area contributed by atoms with Gasteiger partial charge < -0.3 is 5.73 Å². The van der Waals surface area contributed by atoms with Crippen LogP contribution in [0.25, 0.3) is 0 Å². The number of nitrogens with two attached hydrogens (primary N) is 1. The number of allylic oxidation sites excluding steroid dienone is 4. The summed E-state index contributed by atoms with van der Waals surface area (Å²) in [5.41, 5.74) is 9.68. The molecule has 1 aliphatic carbocycles. The van der Waals surface area contributed by atoms with Crippen LogP contribution in [0.3, 0.4) is 0 Å². The summed E-state index contributed by atoms with van der Waals surface area (Å²) in [6, 6.07) is 8.14. The van der Waals surface area contributed by atoms with Crippen LogP contribution in [0, 0.1) is 17.8 Å². The van der Waals surface area contributed by atoms with E-state index in [0.29, 0.717) is 12.3 Å². The van der Waals surface area contributed by atoms with Gasteiger partial charge in [0.25, 0.3) is 0 Å². The van der Waals surface area contributed by atoms with Gasteiger partial charge in [-0.1, -0.05) is 30.0 Å². The average molecular weight is 320 g/mol. The molecule has 3 nitrogen and oxygen atoms in total. The standard InChI is InChI=1S/C21H24N2O/c1-16-14-18(6-9-21(16)24)3-2-17-10-12-23(13-11-17)15-19-4-7-20(22)8-5-19/h4-8,14,17H,9-13,15,22H2,1H3. The highest BCUT2D eigenvalue weighted by Gasteiger charge is 2.17. The van der Waals surface area contributed by atoms with Gasteiger partial charge in [-0.15, -0.1) is 0 Å². The Balaban J connectivity index is 1.50. The molecule has 0 amide bonds. The zero-order valence-electron chi connectivity index (χ0n) is 14.2. The molecule has 1 aromatic carbocycles. The van der Waals surface area contributed by atoms with Crippen molar-refractivity contribution in [2.24, 2.45) is 5.92 Å². The van der Waals surface area contributed by atoms with Crippen molar-refractivity contribution in [2.75, 3.05) is 18.8 Å². The molecule has 1 fully saturated rings. The van der Waals surface area contributed by atoms with Gasteiger partial charge in [-0.05, 0) is 62.2 Å². The number of anilines is 1. The third kappa shape index (κ3) is 4.37. The van der Waals surface area contributed by atoms with Crippen molar-refractivity contribution in [3.05, 3.63) is 53.1 Å². The summed E-state index contributed by atoms with van der Waals surface area (Å²) in [5, 5.41) is 0. The predicted molar refractivity (Wildman–Crippen MR) is 98.1 cm³/mol. The normalized spacial score (nSPS) is 19.3. The number of hydrogen-bond donors (Lipinski definition) is 1. The maximum atomic E-state index is 11.5. The Morgan fingerprint density at radius 2 is 1.92 bits per heavy atom. The number of piperidine rings is 1. The lowest BCUT2D eigenvalue weighted by Gasteiger charge is -2.29. The molecule has 1 saturated heterocycles. The minimum absolute atomic E-state index is 0.205. The molecule has 0 radical (unpaired) electrons. The molecule has 1 aliphatic heterocycles. The fourth-order valence-electron chi connectivity index (χ4n) is 3.13. The van der Waals surface area contributed by atoms with Crippen molar-refractivity contribution in [1.29, 1.82) is 0 Å². The summed E-state index contributed by atoms with van der Waals surface area (Å²) in [5.74, 6) is 7.33. The Morgan fingerprint density at radius 1 is 1.21 bits per heavy atom. The molecular weight excluding hydrogens is 296 g/mol. The van der Waals surface area contributed by atoms with E-state index in [2.05, 4.69) is 28.9 Å². The Morgan fingerprint density at radius 3 is 2.58 bits per heavy atom. The fourth-order valence-corrected chi connectivity index (χ4v) is 3.13. The van der Waals surface area contributed by atoms with E-state index in [9.17, 15) is 4.79 Å². The SMILES string of the molecule is CC1=CC(C#CC2CCN(Cc3ccc(N)cc3)CC2)=CCC1=O. The average Bonchev–Trinajstić information content (AvgIpc) is 2.59. The number of hydrogen-bond acceptors (Lipinski definition) is 3. The molecule has 2 N–H and O–H groups in total. The van der Waals surface area contributed by atoms with E-state index in [1.54, 1.807) is 0 Å². The van der Waals surface area contributed by atoms with Crippen LogP contribution in [0.1, 0.15) is 31.7 Å². The molecule has 0 bridgehead atoms. The minimum atomic E-state index is 0.205. The Bertz CT molecular complexity index is 723. The molecule has 0 unspecified atom stereocenters. The van der Waals surface area contributed by atoms with E-state index < -0.39 is 0 Å². The molecular formula is C21H24N2O. The van der Waals surface area contributed by atoms with Crippen molar-refractivity contribution in [2.45, 2.75) is 32.7 Å². The molecule has 3 heteroatoms. The Kier molecular flexibility index (Phi) is 5.17. The summed E-state index contributed by atoms with van der Waals surface area (Å²) in [6.07, 6.45) is 6.56. The predicted octanol–water partition coefficient (Wildman–Crippen LogP) is 3.33. The van der Waals surface area contributed by atoms with Crippen LogP contribution < -0.4 is 5.73 Å². The highest BCUT2D eigenvalue weighted by atomic mass is 16.1. The molecule has 124 valence electrons. The number of likely N-dealkylation sites (tertiary alicyclic amines) is 1. The molecule has 0 aromatic heterocycles. The fraction of sp³-hybridized carbons (Fsp3) is 0.381. The summed E-state index contributed by atoms with van der Waals surface area (Å²) < 4.78 is 0. The summed E-state index contributed by atoms with van der Waals surface area (Å²) >= 11 is 0. The van der Waals surface area contributed by atoms with Crippen LogP contribution in [0.2, 0.25) is 0 Å². The van der Waals surface area contributed by atoms with Gasteiger partial charge in [-0.2, -0.15) is 0 Å². The number of nitrogens with zero attached hydrogens (tertiary/aromatic N) is 1. The zero-order chi connectivity index (χ0) is 16.9. The van der Waals surface area contributed by atoms with Crippen molar-refractivity contribution in [3.63, 3.8) is 0 Å². The van der Waals surface area contributed by atoms with Gasteiger partial charge in [0.15, 0.2) is 5.78 Å². The monoisotopic (exact) mass is 320 g/mol. The molecule has 0 atom stereocenters. The first-order valence-electron chi connectivity index (χ1n) is 8.60. The Hall–Kier alpha value is -2.31. The first kappa shape index (κ1) is 16.5. The number of carbonyl (C=O) groups is 1. The highest BCUT2D eigenvalue weighted by molar-refractivity contribution is 5.97. The minimum Gasteiger partial charge on any atom is -0.399 e. The van der Waals surface area contributed by atoms with Gasteiger partial charge in [0.1, 0.15) is 0 Å². The number of ketones is 1. The lowest BCUT2D eigenvalue weighted by Crippen LogP contribution is -2.32. The molecule has 0 saturated carbocycles. The van der Waals surface area contributed by atoms with Crippen LogP contribution in [0.15, 0.2) is 47.6 Å². The largest absolute Gasteiger partial charge is 0.399 e. The second-order valence-corrected chi connectivity index (χ2v) is 6.68. The third-order valence-electron chi connectivity index (χ3n) is 4.71. The van der Waals surface area contributed by atoms with Crippen molar-refractivity contribution >= 4 is 11.5 Å². The summed E-state index contributed by atoms with van der Waals surface area (Å²) in [4.78, 5) is 14.0. The van der Waals surface area contributed by atoms with Crippen molar-refractivity contribution in [1.82, 2.24) is 4.90 Å². The van der Waals surface area contributed by atoms with E-state index >= 15 is 0 Å². The highest BCUT2D eigenvalue weighted by Crippen LogP contribution is 2.20. The van der Waals surface area contributed by atoms with Gasteiger partial charge >= 0.3 is 0 Å². The maximum Gasteiger partial charge on any atom is 0.162 e. The quantitative estimate of drug-likeness (QED) is 0.671. The molecule has 0 spiro atoms. The van der Waals surface area contributed by atoms with Gasteiger partial charge in [0.2, 0.25) is 0 Å². The van der Waals surface area contributed by atoms with Gasteiger partial charge in [-0.25, -0.2) is 0 Å². The molecule has 3 rings (SSSR count).